The minimum absolute atomic E-state index is 0.669. The molecule has 0 bridgehead atoms. The molecular formula is C10H18N2. The van der Waals surface area contributed by atoms with Gasteiger partial charge in [-0.3, -0.25) is 0 Å². The number of hydrogen-bond donors (Lipinski definition) is 2. The number of hydrogen-bond acceptors (Lipinski definition) is 2. The van der Waals surface area contributed by atoms with Crippen molar-refractivity contribution in [3.05, 3.63) is 23.4 Å². The van der Waals surface area contributed by atoms with E-state index in [4.69, 9.17) is 11.1 Å². The number of nitrogens with two attached hydrogens (primary N) is 1. The zero-order valence-electron chi connectivity index (χ0n) is 8.15. The second-order valence-electron chi connectivity index (χ2n) is 2.52. The minimum Gasteiger partial charge on any atom is -0.402 e. The van der Waals surface area contributed by atoms with Gasteiger partial charge in [-0.2, -0.15) is 0 Å². The Hall–Kier alpha value is -1.05. The molecule has 1 rings (SSSR count). The van der Waals surface area contributed by atoms with Crippen molar-refractivity contribution in [2.24, 2.45) is 5.73 Å². The van der Waals surface area contributed by atoms with Gasteiger partial charge in [-0.05, 0) is 19.8 Å². The van der Waals surface area contributed by atoms with Gasteiger partial charge in [0.15, 0.2) is 0 Å². The smallest absolute Gasteiger partial charge is 0.0406 e. The Morgan fingerprint density at radius 2 is 2.08 bits per heavy atom. The van der Waals surface area contributed by atoms with E-state index in [1.807, 2.05) is 26.8 Å². The van der Waals surface area contributed by atoms with E-state index in [2.05, 4.69) is 6.08 Å². The lowest BCUT2D eigenvalue weighted by Crippen LogP contribution is -2.09. The Morgan fingerprint density at radius 1 is 1.50 bits per heavy atom. The quantitative estimate of drug-likeness (QED) is 0.571. The molecule has 68 valence electrons. The van der Waals surface area contributed by atoms with E-state index in [9.17, 15) is 0 Å². The standard InChI is InChI=1S/C8H12N2.C2H6/c1-6(9)7-4-2-3-5-8(7)10;1-2/h2,4,10H,3,5,9H2,1H3;1-2H3/b7-6-,10-8?;. The molecule has 2 heteroatoms. The van der Waals surface area contributed by atoms with Gasteiger partial charge in [-0.1, -0.05) is 26.0 Å². The van der Waals surface area contributed by atoms with E-state index in [1.54, 1.807) is 0 Å². The molecule has 0 aromatic heterocycles. The molecule has 0 atom stereocenters. The molecule has 0 heterocycles. The maximum atomic E-state index is 7.49. The molecule has 1 aliphatic rings. The van der Waals surface area contributed by atoms with Crippen molar-refractivity contribution in [3.8, 4) is 0 Å². The molecule has 0 fully saturated rings. The van der Waals surface area contributed by atoms with Crippen LogP contribution in [0.5, 0.6) is 0 Å². The summed E-state index contributed by atoms with van der Waals surface area (Å²) < 4.78 is 0. The van der Waals surface area contributed by atoms with Gasteiger partial charge >= 0.3 is 0 Å². The van der Waals surface area contributed by atoms with Crippen LogP contribution in [0.25, 0.3) is 0 Å². The molecule has 0 spiro atoms. The largest absolute Gasteiger partial charge is 0.402 e. The first-order valence-electron chi connectivity index (χ1n) is 4.42. The van der Waals surface area contributed by atoms with Gasteiger partial charge in [0, 0.05) is 17.0 Å². The van der Waals surface area contributed by atoms with Crippen LogP contribution in [0.1, 0.15) is 33.6 Å². The molecular weight excluding hydrogens is 148 g/mol. The fourth-order valence-electron chi connectivity index (χ4n) is 1.03. The predicted octanol–water partition coefficient (Wildman–Crippen LogP) is 2.62. The van der Waals surface area contributed by atoms with Crippen molar-refractivity contribution in [2.45, 2.75) is 33.6 Å². The fourth-order valence-corrected chi connectivity index (χ4v) is 1.03. The first kappa shape index (κ1) is 11.0. The molecule has 3 N–H and O–H groups in total. The van der Waals surface area contributed by atoms with Crippen LogP contribution < -0.4 is 5.73 Å². The van der Waals surface area contributed by atoms with Crippen LogP contribution in [0.4, 0.5) is 0 Å². The third-order valence-electron chi connectivity index (χ3n) is 1.60. The first-order valence-corrected chi connectivity index (χ1v) is 4.42. The monoisotopic (exact) mass is 166 g/mol. The van der Waals surface area contributed by atoms with Crippen molar-refractivity contribution in [1.29, 1.82) is 5.41 Å². The van der Waals surface area contributed by atoms with Crippen LogP contribution in [0.2, 0.25) is 0 Å². The topological polar surface area (TPSA) is 49.9 Å². The van der Waals surface area contributed by atoms with E-state index in [0.29, 0.717) is 5.71 Å². The Bertz CT molecular complexity index is 208. The predicted molar refractivity (Wildman–Crippen MR) is 54.3 cm³/mol. The summed E-state index contributed by atoms with van der Waals surface area (Å²) in [6, 6.07) is 0. The molecule has 1 aliphatic carbocycles. The minimum atomic E-state index is 0.669. The third kappa shape index (κ3) is 2.91. The van der Waals surface area contributed by atoms with E-state index in [0.717, 1.165) is 24.1 Å². The molecule has 0 saturated carbocycles. The van der Waals surface area contributed by atoms with E-state index in [1.165, 1.54) is 0 Å². The highest BCUT2D eigenvalue weighted by molar-refractivity contribution is 6.01. The van der Waals surface area contributed by atoms with E-state index < -0.39 is 0 Å². The third-order valence-corrected chi connectivity index (χ3v) is 1.60. The van der Waals surface area contributed by atoms with Gasteiger partial charge in [0.05, 0.1) is 0 Å². The maximum absolute atomic E-state index is 7.49. The molecule has 2 nitrogen and oxygen atoms in total. The summed E-state index contributed by atoms with van der Waals surface area (Å²) >= 11 is 0. The highest BCUT2D eigenvalue weighted by Gasteiger charge is 2.06. The highest BCUT2D eigenvalue weighted by atomic mass is 14.6. The number of nitrogens with one attached hydrogen (secondary N) is 1. The SMILES string of the molecule is C/C(N)=C1\C=CCCC1=N.CC. The summed E-state index contributed by atoms with van der Waals surface area (Å²) in [5.41, 5.74) is 7.87. The molecule has 0 aliphatic heterocycles. The van der Waals surface area contributed by atoms with Crippen molar-refractivity contribution in [1.82, 2.24) is 0 Å². The summed E-state index contributed by atoms with van der Waals surface area (Å²) in [5.74, 6) is 0. The molecule has 0 saturated heterocycles. The molecule has 0 unspecified atom stereocenters. The normalized spacial score (nSPS) is 19.8. The van der Waals surface area contributed by atoms with Crippen LogP contribution in [-0.4, -0.2) is 5.71 Å². The average Bonchev–Trinajstić information content (AvgIpc) is 2.08. The van der Waals surface area contributed by atoms with Gasteiger partial charge in [0.25, 0.3) is 0 Å². The lowest BCUT2D eigenvalue weighted by atomic mass is 9.98. The van der Waals surface area contributed by atoms with E-state index in [-0.39, 0.29) is 0 Å². The van der Waals surface area contributed by atoms with Crippen LogP contribution in [-0.2, 0) is 0 Å². The van der Waals surface area contributed by atoms with Crippen molar-refractivity contribution in [2.75, 3.05) is 0 Å². The summed E-state index contributed by atoms with van der Waals surface area (Å²) in [7, 11) is 0. The van der Waals surface area contributed by atoms with Crippen LogP contribution in [0.15, 0.2) is 23.4 Å². The summed E-state index contributed by atoms with van der Waals surface area (Å²) in [5, 5.41) is 7.49. The Balaban J connectivity index is 0.000000561. The Morgan fingerprint density at radius 3 is 2.42 bits per heavy atom. The number of allylic oxidation sites excluding steroid dienone is 4. The summed E-state index contributed by atoms with van der Waals surface area (Å²) in [6.07, 6.45) is 5.81. The fraction of sp³-hybridized carbons (Fsp3) is 0.500. The van der Waals surface area contributed by atoms with Gasteiger partial charge in [-0.25, -0.2) is 0 Å². The summed E-state index contributed by atoms with van der Waals surface area (Å²) in [4.78, 5) is 0. The van der Waals surface area contributed by atoms with E-state index >= 15 is 0 Å². The van der Waals surface area contributed by atoms with Crippen LogP contribution >= 0.6 is 0 Å². The lowest BCUT2D eigenvalue weighted by Gasteiger charge is -2.09. The summed E-state index contributed by atoms with van der Waals surface area (Å²) in [6.45, 7) is 5.83. The van der Waals surface area contributed by atoms with Crippen LogP contribution in [0, 0.1) is 5.41 Å². The number of rotatable bonds is 0. The highest BCUT2D eigenvalue weighted by Crippen LogP contribution is 2.13. The Kier molecular flexibility index (Phi) is 5.09. The molecule has 0 aromatic carbocycles. The van der Waals surface area contributed by atoms with Gasteiger partial charge < -0.3 is 11.1 Å². The molecule has 0 radical (unpaired) electrons. The van der Waals surface area contributed by atoms with Crippen molar-refractivity contribution < 1.29 is 0 Å². The second-order valence-corrected chi connectivity index (χ2v) is 2.52. The Labute approximate surface area is 74.7 Å². The van der Waals surface area contributed by atoms with Gasteiger partial charge in [-0.15, -0.1) is 0 Å². The van der Waals surface area contributed by atoms with Crippen LogP contribution in [0.3, 0.4) is 0 Å². The average molecular weight is 166 g/mol. The molecule has 0 aromatic rings. The zero-order chi connectivity index (χ0) is 9.56. The van der Waals surface area contributed by atoms with Crippen molar-refractivity contribution >= 4 is 5.71 Å². The zero-order valence-corrected chi connectivity index (χ0v) is 8.15. The second kappa shape index (κ2) is 5.58. The maximum Gasteiger partial charge on any atom is 0.0406 e. The molecule has 12 heavy (non-hydrogen) atoms. The lowest BCUT2D eigenvalue weighted by molar-refractivity contribution is 1.05. The molecule has 0 amide bonds. The van der Waals surface area contributed by atoms with Crippen molar-refractivity contribution in [3.63, 3.8) is 0 Å². The van der Waals surface area contributed by atoms with Gasteiger partial charge in [0.1, 0.15) is 0 Å². The first-order chi connectivity index (χ1) is 5.72. The van der Waals surface area contributed by atoms with Gasteiger partial charge in [0.2, 0.25) is 0 Å².